The van der Waals surface area contributed by atoms with E-state index in [9.17, 15) is 27.2 Å². The highest BCUT2D eigenvalue weighted by atomic mass is 19.4. The number of benzene rings is 1. The fourth-order valence-electron chi connectivity index (χ4n) is 1.81. The summed E-state index contributed by atoms with van der Waals surface area (Å²) < 4.78 is 52.1. The maximum Gasteiger partial charge on any atom is 0.418 e. The fourth-order valence-corrected chi connectivity index (χ4v) is 1.81. The number of hydrogen-bond acceptors (Lipinski definition) is 2. The smallest absolute Gasteiger partial charge is 0.324 e. The highest BCUT2D eigenvalue weighted by molar-refractivity contribution is 5.91. The average Bonchev–Trinajstić information content (AvgIpc) is 2.42. The molecule has 1 amide bonds. The molecule has 0 radical (unpaired) electrons. The van der Waals surface area contributed by atoms with Crippen molar-refractivity contribution in [3.63, 3.8) is 0 Å². The van der Waals surface area contributed by atoms with Gasteiger partial charge in [-0.3, -0.25) is 9.59 Å². The number of alkyl halides is 3. The van der Waals surface area contributed by atoms with Gasteiger partial charge in [0.05, 0.1) is 11.3 Å². The number of rotatable bonds is 3. The summed E-state index contributed by atoms with van der Waals surface area (Å²) in [6.07, 6.45) is -3.82. The van der Waals surface area contributed by atoms with Crippen molar-refractivity contribution in [2.75, 3.05) is 5.32 Å². The van der Waals surface area contributed by atoms with Crippen molar-refractivity contribution in [3.05, 3.63) is 64.3 Å². The molecule has 1 aromatic carbocycles. The van der Waals surface area contributed by atoms with E-state index in [1.54, 1.807) is 0 Å². The van der Waals surface area contributed by atoms with Crippen molar-refractivity contribution in [1.29, 1.82) is 0 Å². The van der Waals surface area contributed by atoms with Crippen molar-refractivity contribution in [3.8, 4) is 0 Å². The number of carbonyl (C=O) groups excluding carboxylic acids is 1. The molecule has 116 valence electrons. The molecule has 0 atom stereocenters. The Morgan fingerprint density at radius 1 is 1.14 bits per heavy atom. The van der Waals surface area contributed by atoms with Crippen LogP contribution in [0.2, 0.25) is 0 Å². The van der Waals surface area contributed by atoms with Crippen LogP contribution < -0.4 is 10.9 Å². The predicted octanol–water partition coefficient (Wildman–Crippen LogP) is 2.64. The highest BCUT2D eigenvalue weighted by Gasteiger charge is 2.33. The quantitative estimate of drug-likeness (QED) is 0.886. The van der Waals surface area contributed by atoms with Gasteiger partial charge in [0.2, 0.25) is 5.91 Å². The molecule has 0 aliphatic rings. The SMILES string of the molecule is O=C(Cn1cc(F)ccc1=O)Nc1ccccc1C(F)(F)F. The summed E-state index contributed by atoms with van der Waals surface area (Å²) >= 11 is 0. The Hall–Kier alpha value is -2.64. The van der Waals surface area contributed by atoms with Crippen LogP contribution in [0.25, 0.3) is 0 Å². The van der Waals surface area contributed by atoms with E-state index in [0.717, 1.165) is 35.0 Å². The molecule has 22 heavy (non-hydrogen) atoms. The summed E-state index contributed by atoms with van der Waals surface area (Å²) in [5, 5.41) is 2.07. The third-order valence-electron chi connectivity index (χ3n) is 2.77. The molecular weight excluding hydrogens is 304 g/mol. The van der Waals surface area contributed by atoms with Gasteiger partial charge in [-0.05, 0) is 18.2 Å². The molecule has 2 aromatic rings. The van der Waals surface area contributed by atoms with E-state index in [4.69, 9.17) is 0 Å². The zero-order chi connectivity index (χ0) is 16.3. The molecule has 1 heterocycles. The largest absolute Gasteiger partial charge is 0.418 e. The van der Waals surface area contributed by atoms with E-state index in [-0.39, 0.29) is 0 Å². The zero-order valence-corrected chi connectivity index (χ0v) is 11.0. The van der Waals surface area contributed by atoms with Crippen molar-refractivity contribution in [1.82, 2.24) is 4.57 Å². The van der Waals surface area contributed by atoms with Gasteiger partial charge >= 0.3 is 6.18 Å². The number of hydrogen-bond donors (Lipinski definition) is 1. The number of para-hydroxylation sites is 1. The topological polar surface area (TPSA) is 51.1 Å². The van der Waals surface area contributed by atoms with Gasteiger partial charge in [-0.1, -0.05) is 12.1 Å². The van der Waals surface area contributed by atoms with Crippen LogP contribution in [0.4, 0.5) is 23.2 Å². The Labute approximate surface area is 122 Å². The molecule has 0 aliphatic carbocycles. The standard InChI is InChI=1S/C14H10F4N2O2/c15-9-5-6-13(22)20(7-9)8-12(21)19-11-4-2-1-3-10(11)14(16,17)18/h1-7H,8H2,(H,19,21). The zero-order valence-electron chi connectivity index (χ0n) is 11.0. The van der Waals surface area contributed by atoms with E-state index >= 15 is 0 Å². The predicted molar refractivity (Wildman–Crippen MR) is 70.7 cm³/mol. The van der Waals surface area contributed by atoms with Crippen LogP contribution in [0.1, 0.15) is 5.56 Å². The molecule has 0 aliphatic heterocycles. The molecule has 8 heteroatoms. The van der Waals surface area contributed by atoms with E-state index < -0.39 is 41.3 Å². The highest BCUT2D eigenvalue weighted by Crippen LogP contribution is 2.34. The number of pyridine rings is 1. The summed E-state index contributed by atoms with van der Waals surface area (Å²) in [7, 11) is 0. The van der Waals surface area contributed by atoms with Gasteiger partial charge in [-0.2, -0.15) is 13.2 Å². The van der Waals surface area contributed by atoms with Crippen LogP contribution in [0, 0.1) is 5.82 Å². The van der Waals surface area contributed by atoms with Crippen LogP contribution in [-0.4, -0.2) is 10.5 Å². The van der Waals surface area contributed by atoms with Gasteiger partial charge in [-0.15, -0.1) is 0 Å². The first-order chi connectivity index (χ1) is 10.3. The van der Waals surface area contributed by atoms with Crippen LogP contribution in [0.5, 0.6) is 0 Å². The number of carbonyl (C=O) groups is 1. The first-order valence-corrected chi connectivity index (χ1v) is 6.09. The van der Waals surface area contributed by atoms with Gasteiger partial charge in [0.1, 0.15) is 12.4 Å². The number of aromatic nitrogens is 1. The van der Waals surface area contributed by atoms with Crippen LogP contribution >= 0.6 is 0 Å². The van der Waals surface area contributed by atoms with Gasteiger partial charge < -0.3 is 9.88 Å². The van der Waals surface area contributed by atoms with E-state index in [1.165, 1.54) is 12.1 Å². The first-order valence-electron chi connectivity index (χ1n) is 6.09. The second-order valence-corrected chi connectivity index (χ2v) is 4.40. The number of amides is 1. The minimum atomic E-state index is -4.63. The van der Waals surface area contributed by atoms with E-state index in [1.807, 2.05) is 0 Å². The molecule has 1 aromatic heterocycles. The Kier molecular flexibility index (Phi) is 4.30. The second kappa shape index (κ2) is 6.00. The summed E-state index contributed by atoms with van der Waals surface area (Å²) in [5.74, 6) is -1.60. The molecule has 2 rings (SSSR count). The summed E-state index contributed by atoms with van der Waals surface area (Å²) in [5.41, 5.74) is -2.07. The number of halogens is 4. The number of nitrogens with zero attached hydrogens (tertiary/aromatic N) is 1. The number of nitrogens with one attached hydrogen (secondary N) is 1. The molecule has 4 nitrogen and oxygen atoms in total. The molecule has 1 N–H and O–H groups in total. The van der Waals surface area contributed by atoms with Crippen LogP contribution in [0.15, 0.2) is 47.4 Å². The summed E-state index contributed by atoms with van der Waals surface area (Å²) in [6, 6.07) is 6.29. The molecule has 0 saturated heterocycles. The Bertz CT molecular complexity index is 753. The molecular formula is C14H10F4N2O2. The van der Waals surface area contributed by atoms with Gasteiger partial charge in [0.25, 0.3) is 5.56 Å². The van der Waals surface area contributed by atoms with Crippen molar-refractivity contribution < 1.29 is 22.4 Å². The maximum atomic E-state index is 13.0. The molecule has 0 spiro atoms. The second-order valence-electron chi connectivity index (χ2n) is 4.40. The lowest BCUT2D eigenvalue weighted by Crippen LogP contribution is -2.27. The molecule has 0 bridgehead atoms. The van der Waals surface area contributed by atoms with Gasteiger partial charge in [0, 0.05) is 12.3 Å². The Balaban J connectivity index is 2.20. The summed E-state index contributed by atoms with van der Waals surface area (Å²) in [6.45, 7) is -0.594. The van der Waals surface area contributed by atoms with Crippen molar-refractivity contribution in [2.45, 2.75) is 12.7 Å². The Morgan fingerprint density at radius 2 is 1.82 bits per heavy atom. The third kappa shape index (κ3) is 3.72. The summed E-state index contributed by atoms with van der Waals surface area (Å²) in [4.78, 5) is 23.2. The Morgan fingerprint density at radius 3 is 2.50 bits per heavy atom. The van der Waals surface area contributed by atoms with Crippen LogP contribution in [-0.2, 0) is 17.5 Å². The molecule has 0 fully saturated rings. The van der Waals surface area contributed by atoms with E-state index in [0.29, 0.717) is 0 Å². The lowest BCUT2D eigenvalue weighted by Gasteiger charge is -2.13. The molecule has 0 saturated carbocycles. The van der Waals surface area contributed by atoms with Gasteiger partial charge in [-0.25, -0.2) is 4.39 Å². The maximum absolute atomic E-state index is 13.0. The average molecular weight is 314 g/mol. The monoisotopic (exact) mass is 314 g/mol. The lowest BCUT2D eigenvalue weighted by atomic mass is 10.1. The fraction of sp³-hybridized carbons (Fsp3) is 0.143. The number of anilines is 1. The molecule has 0 unspecified atom stereocenters. The van der Waals surface area contributed by atoms with Crippen LogP contribution in [0.3, 0.4) is 0 Å². The normalized spacial score (nSPS) is 11.3. The van der Waals surface area contributed by atoms with Crippen molar-refractivity contribution in [2.24, 2.45) is 0 Å². The lowest BCUT2D eigenvalue weighted by molar-refractivity contribution is -0.137. The van der Waals surface area contributed by atoms with E-state index in [2.05, 4.69) is 5.32 Å². The first kappa shape index (κ1) is 15.7. The van der Waals surface area contributed by atoms with Gasteiger partial charge in [0.15, 0.2) is 0 Å². The minimum Gasteiger partial charge on any atom is -0.324 e. The third-order valence-corrected chi connectivity index (χ3v) is 2.77. The minimum absolute atomic E-state index is 0.426. The van der Waals surface area contributed by atoms with Crippen molar-refractivity contribution >= 4 is 11.6 Å².